The highest BCUT2D eigenvalue weighted by Gasteiger charge is 2.37. The number of aliphatic hydroxyl groups is 3. The van der Waals surface area contributed by atoms with Crippen LogP contribution in [0.15, 0.2) is 30.3 Å². The molecular weight excluding hydrogens is 837 g/mol. The average Bonchev–Trinajstić information content (AvgIpc) is 3.20. The number of aliphatic hydroxyl groups excluding tert-OH is 3. The SMILES string of the molecule is CC[C@H](C)[C@H](N)C(=O)N[C@@H](Cc1ccccc1)C(=O)N[C@H](C(=O)N[C@@H](CO)C(=O)N[C@H](C(=O)N[C@@H](CC(=O)O)C(=O)N[C@@H](CS)C(=O)N[C@@H](CC(C)C)C(=O)O)[C@@H](C)O)[C@@H](C)O. The van der Waals surface area contributed by atoms with Crippen LogP contribution in [0.3, 0.4) is 0 Å². The normalized spacial score (nSPS) is 16.5. The van der Waals surface area contributed by atoms with E-state index >= 15 is 0 Å². The van der Waals surface area contributed by atoms with Gasteiger partial charge >= 0.3 is 11.9 Å². The van der Waals surface area contributed by atoms with Crippen LogP contribution in [0, 0.1) is 11.8 Å². The largest absolute Gasteiger partial charge is 0.481 e. The van der Waals surface area contributed by atoms with Gasteiger partial charge in [0.2, 0.25) is 41.4 Å². The summed E-state index contributed by atoms with van der Waals surface area (Å²) in [6, 6.07) is -4.09. The van der Waals surface area contributed by atoms with Crippen LogP contribution in [-0.4, -0.2) is 152 Å². The summed E-state index contributed by atoms with van der Waals surface area (Å²) in [6.07, 6.45) is -3.86. The molecule has 22 nitrogen and oxygen atoms in total. The summed E-state index contributed by atoms with van der Waals surface area (Å²) in [6.45, 7) is 8.09. The molecule has 0 aliphatic rings. The highest BCUT2D eigenvalue weighted by atomic mass is 32.1. The monoisotopic (exact) mass is 898 g/mol. The lowest BCUT2D eigenvalue weighted by atomic mass is 9.98. The standard InChI is InChI=1S/C39H62N8O14S/c1-7-19(4)29(40)36(57)41-23(14-22-11-9-8-10-12-22)33(54)46-31(21(6)50)38(59)44-26(16-48)34(55)47-30(20(5)49)37(58)42-24(15-28(51)52)32(53)45-27(17-62)35(56)43-25(39(60)61)13-18(2)3/h8-12,18-21,23-27,29-31,48-50,62H,7,13-17,40H2,1-6H3,(H,41,57)(H,42,58)(H,43,56)(H,44,59)(H,45,53)(H,46,54)(H,47,55)(H,51,52)(H,60,61)/t19-,20+,21+,23-,24-,25-,26-,27-,29-,30-,31-/m0/s1. The van der Waals surface area contributed by atoms with Gasteiger partial charge in [-0.05, 0) is 37.7 Å². The van der Waals surface area contributed by atoms with E-state index in [2.05, 4.69) is 49.8 Å². The van der Waals surface area contributed by atoms with E-state index in [-0.39, 0.29) is 30.4 Å². The number of carbonyl (C=O) groups is 9. The van der Waals surface area contributed by atoms with Gasteiger partial charge in [-0.3, -0.25) is 38.4 Å². The van der Waals surface area contributed by atoms with E-state index in [0.717, 1.165) is 13.8 Å². The van der Waals surface area contributed by atoms with Crippen LogP contribution in [0.1, 0.15) is 66.4 Å². The minimum absolute atomic E-state index is 0.0438. The Balaban J connectivity index is 3.21. The van der Waals surface area contributed by atoms with Crippen molar-refractivity contribution in [2.24, 2.45) is 17.6 Å². The lowest BCUT2D eigenvalue weighted by Crippen LogP contribution is -2.63. The number of thiol groups is 1. The Hall–Kier alpha value is -5.36. The molecule has 0 fully saturated rings. The maximum absolute atomic E-state index is 13.6. The minimum atomic E-state index is -1.95. The molecule has 1 rings (SSSR count). The first-order chi connectivity index (χ1) is 29.0. The molecule has 1 aromatic carbocycles. The number of hydrogen-bond acceptors (Lipinski definition) is 14. The number of nitrogens with one attached hydrogen (secondary N) is 7. The third-order valence-corrected chi connectivity index (χ3v) is 9.93. The van der Waals surface area contributed by atoms with Gasteiger partial charge in [0.1, 0.15) is 42.3 Å². The van der Waals surface area contributed by atoms with E-state index in [1.807, 2.05) is 6.92 Å². The van der Waals surface area contributed by atoms with Gasteiger partial charge in [-0.2, -0.15) is 12.6 Å². The third-order valence-electron chi connectivity index (χ3n) is 9.57. The van der Waals surface area contributed by atoms with Crippen molar-refractivity contribution in [1.82, 2.24) is 37.2 Å². The number of carboxylic acids is 2. The fourth-order valence-corrected chi connectivity index (χ4v) is 5.95. The lowest BCUT2D eigenvalue weighted by Gasteiger charge is -2.28. The molecule has 14 N–H and O–H groups in total. The molecule has 0 aliphatic heterocycles. The third kappa shape index (κ3) is 18.3. The van der Waals surface area contributed by atoms with Crippen LogP contribution in [0.5, 0.6) is 0 Å². The van der Waals surface area contributed by atoms with E-state index in [9.17, 15) is 68.7 Å². The summed E-state index contributed by atoms with van der Waals surface area (Å²) in [7, 11) is 0. The van der Waals surface area contributed by atoms with Crippen molar-refractivity contribution in [1.29, 1.82) is 0 Å². The maximum atomic E-state index is 13.6. The first-order valence-corrected chi connectivity index (χ1v) is 20.5. The quantitative estimate of drug-likeness (QED) is 0.0378. The predicted octanol–water partition coefficient (Wildman–Crippen LogP) is -3.71. The Labute approximate surface area is 364 Å². The van der Waals surface area contributed by atoms with Gasteiger partial charge in [-0.1, -0.05) is 64.4 Å². The number of aliphatic carboxylic acids is 2. The highest BCUT2D eigenvalue weighted by Crippen LogP contribution is 2.10. The number of amides is 7. The van der Waals surface area contributed by atoms with Crippen molar-refractivity contribution in [2.75, 3.05) is 12.4 Å². The van der Waals surface area contributed by atoms with E-state index in [1.165, 1.54) is 0 Å². The number of carbonyl (C=O) groups excluding carboxylic acids is 7. The number of benzene rings is 1. The van der Waals surface area contributed by atoms with E-state index in [1.54, 1.807) is 51.1 Å². The van der Waals surface area contributed by atoms with Crippen LogP contribution >= 0.6 is 12.6 Å². The van der Waals surface area contributed by atoms with Crippen molar-refractivity contribution in [3.05, 3.63) is 35.9 Å². The van der Waals surface area contributed by atoms with Crippen LogP contribution in [0.4, 0.5) is 0 Å². The lowest BCUT2D eigenvalue weighted by molar-refractivity contribution is -0.143. The van der Waals surface area contributed by atoms with Crippen LogP contribution in [0.25, 0.3) is 0 Å². The van der Waals surface area contributed by atoms with Gasteiger partial charge in [-0.15, -0.1) is 0 Å². The molecule has 0 aliphatic carbocycles. The molecule has 0 aromatic heterocycles. The second-order valence-electron chi connectivity index (χ2n) is 15.3. The summed E-state index contributed by atoms with van der Waals surface area (Å²) >= 11 is 4.01. The van der Waals surface area contributed by atoms with E-state index in [0.29, 0.717) is 12.0 Å². The number of carboxylic acid groups (broad SMARTS) is 2. The number of rotatable bonds is 27. The first kappa shape index (κ1) is 54.7. The van der Waals surface area contributed by atoms with Crippen molar-refractivity contribution in [2.45, 2.75) is 128 Å². The average molecular weight is 899 g/mol. The summed E-state index contributed by atoms with van der Waals surface area (Å²) in [4.78, 5) is 116. The molecule has 0 saturated heterocycles. The molecule has 0 bridgehead atoms. The molecule has 1 aromatic rings. The molecule has 0 radical (unpaired) electrons. The fourth-order valence-electron chi connectivity index (χ4n) is 5.69. The Bertz CT molecular complexity index is 1700. The second kappa shape index (κ2) is 26.9. The van der Waals surface area contributed by atoms with Crippen molar-refractivity contribution < 1.29 is 68.7 Å². The Morgan fingerprint density at radius 3 is 1.48 bits per heavy atom. The summed E-state index contributed by atoms with van der Waals surface area (Å²) in [5.41, 5.74) is 6.71. The Morgan fingerprint density at radius 2 is 1.05 bits per heavy atom. The van der Waals surface area contributed by atoms with E-state index < -0.39 is 127 Å². The topological polar surface area (TPSA) is 365 Å². The highest BCUT2D eigenvalue weighted by molar-refractivity contribution is 7.80. The zero-order chi connectivity index (χ0) is 47.4. The van der Waals surface area contributed by atoms with Gasteiger partial charge in [0, 0.05) is 12.2 Å². The summed E-state index contributed by atoms with van der Waals surface area (Å²) < 4.78 is 0. The Morgan fingerprint density at radius 1 is 0.613 bits per heavy atom. The zero-order valence-corrected chi connectivity index (χ0v) is 36.4. The van der Waals surface area contributed by atoms with Gasteiger partial charge < -0.3 is 68.5 Å². The molecular formula is C39H62N8O14S. The van der Waals surface area contributed by atoms with Crippen molar-refractivity contribution in [3.63, 3.8) is 0 Å². The van der Waals surface area contributed by atoms with Crippen molar-refractivity contribution >= 4 is 65.9 Å². The molecule has 348 valence electrons. The molecule has 0 saturated carbocycles. The van der Waals surface area contributed by atoms with E-state index in [4.69, 9.17) is 5.73 Å². The van der Waals surface area contributed by atoms with Crippen LogP contribution < -0.4 is 43.0 Å². The molecule has 23 heteroatoms. The first-order valence-electron chi connectivity index (χ1n) is 19.9. The molecule has 0 unspecified atom stereocenters. The maximum Gasteiger partial charge on any atom is 0.326 e. The number of hydrogen-bond donors (Lipinski definition) is 14. The van der Waals surface area contributed by atoms with Gasteiger partial charge in [0.25, 0.3) is 0 Å². The molecule has 0 spiro atoms. The fraction of sp³-hybridized carbons (Fsp3) is 0.615. The summed E-state index contributed by atoms with van der Waals surface area (Å²) in [5.74, 6) is -11.2. The van der Waals surface area contributed by atoms with Crippen molar-refractivity contribution in [3.8, 4) is 0 Å². The predicted molar refractivity (Wildman–Crippen MR) is 225 cm³/mol. The molecule has 11 atom stereocenters. The minimum Gasteiger partial charge on any atom is -0.481 e. The zero-order valence-electron chi connectivity index (χ0n) is 35.5. The molecule has 0 heterocycles. The number of nitrogens with two attached hydrogens (primary N) is 1. The van der Waals surface area contributed by atoms with Crippen LogP contribution in [-0.2, 0) is 49.6 Å². The molecule has 62 heavy (non-hydrogen) atoms. The summed E-state index contributed by atoms with van der Waals surface area (Å²) in [5, 5.41) is 65.7. The van der Waals surface area contributed by atoms with Crippen LogP contribution in [0.2, 0.25) is 0 Å². The second-order valence-corrected chi connectivity index (χ2v) is 15.7. The Kier molecular flexibility index (Phi) is 23.7. The van der Waals surface area contributed by atoms with Gasteiger partial charge in [0.05, 0.1) is 31.3 Å². The van der Waals surface area contributed by atoms with Gasteiger partial charge in [0.15, 0.2) is 0 Å². The van der Waals surface area contributed by atoms with Gasteiger partial charge in [-0.25, -0.2) is 4.79 Å². The molecule has 7 amide bonds. The smallest absolute Gasteiger partial charge is 0.326 e.